The summed E-state index contributed by atoms with van der Waals surface area (Å²) in [4.78, 5) is 24.9. The Balaban J connectivity index is 1.42. The summed E-state index contributed by atoms with van der Waals surface area (Å²) in [6.45, 7) is 5.22. The van der Waals surface area contributed by atoms with Gasteiger partial charge in [-0.3, -0.25) is 4.98 Å². The normalized spacial score (nSPS) is 16.4. The van der Waals surface area contributed by atoms with Crippen molar-refractivity contribution in [1.82, 2.24) is 29.5 Å². The third kappa shape index (κ3) is 4.37. The molecule has 5 rings (SSSR count). The number of aromatic nitrogens is 6. The highest BCUT2D eigenvalue weighted by atomic mass is 16.5. The van der Waals surface area contributed by atoms with Crippen LogP contribution in [0.5, 0.6) is 0 Å². The topological polar surface area (TPSA) is 127 Å². The number of fused-ring (bicyclic) bond motifs is 1. The van der Waals surface area contributed by atoms with Crippen LogP contribution < -0.4 is 10.2 Å². The van der Waals surface area contributed by atoms with Crippen molar-refractivity contribution in [1.29, 1.82) is 0 Å². The molecule has 4 aromatic rings. The molecular weight excluding hydrogens is 424 g/mol. The molecule has 1 saturated heterocycles. The maximum absolute atomic E-state index is 9.48. The fourth-order valence-corrected chi connectivity index (χ4v) is 3.91. The number of pyridine rings is 1. The van der Waals surface area contributed by atoms with Gasteiger partial charge in [0.25, 0.3) is 0 Å². The summed E-state index contributed by atoms with van der Waals surface area (Å²) in [5, 5.41) is 12.9. The van der Waals surface area contributed by atoms with Crippen LogP contribution in [0, 0.1) is 0 Å². The number of aliphatic hydroxyl groups is 1. The fraction of sp³-hybridized carbons (Fsp3) is 0.409. The number of rotatable bonds is 8. The molecule has 4 aromatic heterocycles. The smallest absolute Gasteiger partial charge is 0.244 e. The lowest BCUT2D eigenvalue weighted by atomic mass is 10.2. The van der Waals surface area contributed by atoms with Crippen LogP contribution in [0.15, 0.2) is 41.5 Å². The summed E-state index contributed by atoms with van der Waals surface area (Å²) >= 11 is 0. The zero-order valence-electron chi connectivity index (χ0n) is 18.4. The Bertz CT molecular complexity index is 1190. The second-order valence-corrected chi connectivity index (χ2v) is 7.75. The largest absolute Gasteiger partial charge is 0.443 e. The molecule has 1 aliphatic rings. The Hall–Kier alpha value is -3.57. The van der Waals surface area contributed by atoms with E-state index in [9.17, 15) is 5.11 Å². The van der Waals surface area contributed by atoms with Crippen molar-refractivity contribution in [3.05, 3.63) is 42.7 Å². The fourth-order valence-electron chi connectivity index (χ4n) is 3.91. The summed E-state index contributed by atoms with van der Waals surface area (Å²) in [6.07, 6.45) is 7.29. The summed E-state index contributed by atoms with van der Waals surface area (Å²) in [5.74, 6) is 1.76. The molecular formula is C22H26N8O3. The van der Waals surface area contributed by atoms with E-state index in [4.69, 9.17) is 19.1 Å². The Labute approximate surface area is 190 Å². The molecule has 1 atom stereocenters. The maximum atomic E-state index is 9.48. The molecule has 33 heavy (non-hydrogen) atoms. The molecule has 11 nitrogen and oxygen atoms in total. The van der Waals surface area contributed by atoms with Gasteiger partial charge in [0.1, 0.15) is 12.0 Å². The molecule has 2 N–H and O–H groups in total. The molecule has 0 spiro atoms. The average Bonchev–Trinajstić information content (AvgIpc) is 3.54. The van der Waals surface area contributed by atoms with Crippen molar-refractivity contribution in [2.24, 2.45) is 0 Å². The van der Waals surface area contributed by atoms with Crippen molar-refractivity contribution in [2.45, 2.75) is 32.5 Å². The van der Waals surface area contributed by atoms with E-state index in [2.05, 4.69) is 32.1 Å². The third-order valence-corrected chi connectivity index (χ3v) is 5.68. The predicted octanol–water partition coefficient (Wildman–Crippen LogP) is 2.10. The Morgan fingerprint density at radius 3 is 2.91 bits per heavy atom. The molecule has 11 heteroatoms. The van der Waals surface area contributed by atoms with Gasteiger partial charge in [-0.1, -0.05) is 6.07 Å². The molecule has 0 bridgehead atoms. The van der Waals surface area contributed by atoms with Crippen molar-refractivity contribution >= 4 is 22.9 Å². The summed E-state index contributed by atoms with van der Waals surface area (Å²) in [6, 6.07) is 3.88. The van der Waals surface area contributed by atoms with Gasteiger partial charge in [0.05, 0.1) is 31.8 Å². The third-order valence-electron chi connectivity index (χ3n) is 5.68. The standard InChI is InChI=1S/C22H26N8O3/c1-2-29-14-26-18-19(25-12-15-3-4-17(24-11-15)21-23-6-9-33-21)27-22(28-20(18)29)30-7-10-32-13-16(30)5-8-31/h3-4,6,9,11,14,16,31H,2,5,7-8,10,12-13H2,1H3,(H,25,27,28)/t16-/m1/s1. The van der Waals surface area contributed by atoms with Crippen molar-refractivity contribution in [2.75, 3.05) is 36.6 Å². The number of ether oxygens (including phenoxy) is 1. The predicted molar refractivity (Wildman–Crippen MR) is 122 cm³/mol. The number of morpholine rings is 1. The lowest BCUT2D eigenvalue weighted by Gasteiger charge is -2.35. The van der Waals surface area contributed by atoms with Gasteiger partial charge in [-0.15, -0.1) is 0 Å². The zero-order chi connectivity index (χ0) is 22.6. The van der Waals surface area contributed by atoms with Crippen molar-refractivity contribution in [3.63, 3.8) is 0 Å². The highest BCUT2D eigenvalue weighted by Gasteiger charge is 2.26. The molecule has 0 saturated carbocycles. The van der Waals surface area contributed by atoms with Gasteiger partial charge in [0.2, 0.25) is 11.8 Å². The van der Waals surface area contributed by atoms with Crippen LogP contribution in [0.2, 0.25) is 0 Å². The van der Waals surface area contributed by atoms with E-state index in [1.54, 1.807) is 18.7 Å². The van der Waals surface area contributed by atoms with Gasteiger partial charge >= 0.3 is 0 Å². The minimum Gasteiger partial charge on any atom is -0.443 e. The molecule has 172 valence electrons. The van der Waals surface area contributed by atoms with E-state index in [0.717, 1.165) is 23.3 Å². The van der Waals surface area contributed by atoms with E-state index in [1.807, 2.05) is 16.7 Å². The van der Waals surface area contributed by atoms with Crippen LogP contribution in [0.25, 0.3) is 22.7 Å². The van der Waals surface area contributed by atoms with Gasteiger partial charge < -0.3 is 29.0 Å². The Morgan fingerprint density at radius 2 is 2.15 bits per heavy atom. The molecule has 1 fully saturated rings. The minimum absolute atomic E-state index is 0.0269. The van der Waals surface area contributed by atoms with Crippen LogP contribution in [0.3, 0.4) is 0 Å². The second-order valence-electron chi connectivity index (χ2n) is 7.75. The number of aryl methyl sites for hydroxylation is 1. The number of hydrogen-bond donors (Lipinski definition) is 2. The van der Waals surface area contributed by atoms with Crippen LogP contribution in [-0.4, -0.2) is 67.0 Å². The van der Waals surface area contributed by atoms with Gasteiger partial charge in [-0.25, -0.2) is 9.97 Å². The number of anilines is 2. The maximum Gasteiger partial charge on any atom is 0.244 e. The lowest BCUT2D eigenvalue weighted by molar-refractivity contribution is 0.0841. The summed E-state index contributed by atoms with van der Waals surface area (Å²) in [7, 11) is 0. The van der Waals surface area contributed by atoms with Gasteiger partial charge in [0, 0.05) is 32.4 Å². The van der Waals surface area contributed by atoms with E-state index >= 15 is 0 Å². The van der Waals surface area contributed by atoms with Crippen LogP contribution in [0.4, 0.5) is 11.8 Å². The van der Waals surface area contributed by atoms with Crippen molar-refractivity contribution in [3.8, 4) is 11.6 Å². The van der Waals surface area contributed by atoms with E-state index < -0.39 is 0 Å². The molecule has 5 heterocycles. The Morgan fingerprint density at radius 1 is 1.21 bits per heavy atom. The van der Waals surface area contributed by atoms with Crippen LogP contribution >= 0.6 is 0 Å². The second kappa shape index (κ2) is 9.51. The number of hydrogen-bond acceptors (Lipinski definition) is 10. The van der Waals surface area contributed by atoms with E-state index in [0.29, 0.717) is 56.1 Å². The first kappa shape index (κ1) is 21.3. The summed E-state index contributed by atoms with van der Waals surface area (Å²) < 4.78 is 12.9. The first-order valence-electron chi connectivity index (χ1n) is 11.0. The minimum atomic E-state index is 0.0269. The quantitative estimate of drug-likeness (QED) is 0.412. The number of nitrogens with one attached hydrogen (secondary N) is 1. The lowest BCUT2D eigenvalue weighted by Crippen LogP contribution is -2.47. The molecule has 1 aliphatic heterocycles. The first-order valence-corrected chi connectivity index (χ1v) is 11.0. The highest BCUT2D eigenvalue weighted by molar-refractivity contribution is 5.84. The number of oxazole rings is 1. The molecule has 0 radical (unpaired) electrons. The van der Waals surface area contributed by atoms with Crippen LogP contribution in [-0.2, 0) is 17.8 Å². The van der Waals surface area contributed by atoms with E-state index in [1.165, 1.54) is 6.26 Å². The summed E-state index contributed by atoms with van der Waals surface area (Å²) in [5.41, 5.74) is 3.16. The average molecular weight is 451 g/mol. The van der Waals surface area contributed by atoms with E-state index in [-0.39, 0.29) is 12.6 Å². The first-order chi connectivity index (χ1) is 16.3. The van der Waals surface area contributed by atoms with Gasteiger partial charge in [-0.05, 0) is 25.0 Å². The zero-order valence-corrected chi connectivity index (χ0v) is 18.4. The molecule has 0 aromatic carbocycles. The Kier molecular flexibility index (Phi) is 6.13. The molecule has 0 unspecified atom stereocenters. The monoisotopic (exact) mass is 450 g/mol. The highest BCUT2D eigenvalue weighted by Crippen LogP contribution is 2.26. The number of aliphatic hydroxyl groups excluding tert-OH is 1. The molecule has 0 amide bonds. The SMILES string of the molecule is CCn1cnc2c(NCc3ccc(-c4ncco4)nc3)nc(N3CCOC[C@H]3CCO)nc21. The molecule has 0 aliphatic carbocycles. The van der Waals surface area contributed by atoms with Gasteiger partial charge in [-0.2, -0.15) is 9.97 Å². The van der Waals surface area contributed by atoms with Crippen LogP contribution in [0.1, 0.15) is 18.9 Å². The van der Waals surface area contributed by atoms with Crippen molar-refractivity contribution < 1.29 is 14.3 Å². The number of imidazole rings is 1. The van der Waals surface area contributed by atoms with Gasteiger partial charge in [0.15, 0.2) is 17.0 Å². The number of nitrogens with zero attached hydrogens (tertiary/aromatic N) is 7.